The van der Waals surface area contributed by atoms with Crippen molar-refractivity contribution < 1.29 is 4.74 Å². The fourth-order valence-corrected chi connectivity index (χ4v) is 5.77. The van der Waals surface area contributed by atoms with Gasteiger partial charge in [-0.1, -0.05) is 6.07 Å². The number of aromatic amines is 2. The van der Waals surface area contributed by atoms with E-state index >= 15 is 0 Å². The Kier molecular flexibility index (Phi) is 5.64. The molecule has 37 heavy (non-hydrogen) atoms. The molecule has 2 N–H and O–H groups in total. The monoisotopic (exact) mass is 507 g/mol. The number of hydrogen-bond acceptors (Lipinski definition) is 7. The maximum Gasteiger partial charge on any atom is 0.138 e. The quantitative estimate of drug-likeness (QED) is 0.285. The smallest absolute Gasteiger partial charge is 0.138 e. The van der Waals surface area contributed by atoms with E-state index in [0.717, 1.165) is 62.3 Å². The molecule has 0 aliphatic carbocycles. The van der Waals surface area contributed by atoms with E-state index in [-0.39, 0.29) is 0 Å². The molecule has 7 heterocycles. The lowest BCUT2D eigenvalue weighted by Gasteiger charge is -2.15. The third kappa shape index (κ3) is 4.26. The molecule has 184 valence electrons. The van der Waals surface area contributed by atoms with Gasteiger partial charge in [0, 0.05) is 45.7 Å². The third-order valence-electron chi connectivity index (χ3n) is 6.92. The number of likely N-dealkylation sites (tertiary alicyclic amines) is 1. The van der Waals surface area contributed by atoms with Gasteiger partial charge in [-0.15, -0.1) is 11.3 Å². The summed E-state index contributed by atoms with van der Waals surface area (Å²) in [6.07, 6.45) is 11.8. The number of thiophene rings is 1. The Morgan fingerprint density at radius 1 is 0.946 bits per heavy atom. The lowest BCUT2D eigenvalue weighted by molar-refractivity contribution is 0.237. The van der Waals surface area contributed by atoms with Gasteiger partial charge in [0.2, 0.25) is 0 Å². The minimum absolute atomic E-state index is 0.659. The highest BCUT2D eigenvalue weighted by Gasteiger charge is 2.16. The summed E-state index contributed by atoms with van der Waals surface area (Å²) >= 11 is 1.71. The average molecular weight is 508 g/mol. The van der Waals surface area contributed by atoms with Crippen LogP contribution in [0.5, 0.6) is 5.75 Å². The topological polar surface area (TPSA) is 95.6 Å². The first-order chi connectivity index (χ1) is 18.3. The molecule has 8 nitrogen and oxygen atoms in total. The van der Waals surface area contributed by atoms with Gasteiger partial charge in [-0.25, -0.2) is 0 Å². The first kappa shape index (κ1) is 22.1. The van der Waals surface area contributed by atoms with Gasteiger partial charge in [0.1, 0.15) is 18.1 Å². The molecule has 0 spiro atoms. The van der Waals surface area contributed by atoms with Crippen LogP contribution in [0.3, 0.4) is 0 Å². The average Bonchev–Trinajstić information content (AvgIpc) is 3.74. The molecule has 0 unspecified atom stereocenters. The van der Waals surface area contributed by atoms with Gasteiger partial charge in [0.25, 0.3) is 0 Å². The predicted octanol–water partition coefficient (Wildman–Crippen LogP) is 5.77. The lowest BCUT2D eigenvalue weighted by atomic mass is 10.1. The van der Waals surface area contributed by atoms with Crippen LogP contribution in [0.25, 0.3) is 54.9 Å². The van der Waals surface area contributed by atoms with Crippen LogP contribution in [-0.2, 0) is 0 Å². The first-order valence-corrected chi connectivity index (χ1v) is 13.4. The Labute approximate surface area is 217 Å². The molecule has 1 fully saturated rings. The molecule has 7 rings (SSSR count). The van der Waals surface area contributed by atoms with Crippen molar-refractivity contribution in [1.82, 2.24) is 35.0 Å². The van der Waals surface area contributed by atoms with Crippen LogP contribution >= 0.6 is 11.3 Å². The van der Waals surface area contributed by atoms with Gasteiger partial charge >= 0.3 is 0 Å². The van der Waals surface area contributed by atoms with Crippen LogP contribution in [0.2, 0.25) is 0 Å². The molecular formula is C28H25N7OS. The number of aromatic nitrogens is 6. The van der Waals surface area contributed by atoms with Crippen molar-refractivity contribution in [3.05, 3.63) is 66.7 Å². The fourth-order valence-electron chi connectivity index (χ4n) is 5.02. The number of H-pyrrole nitrogens is 2. The maximum atomic E-state index is 6.01. The van der Waals surface area contributed by atoms with E-state index in [1.807, 2.05) is 30.9 Å². The molecule has 9 heteroatoms. The first-order valence-electron chi connectivity index (χ1n) is 12.5. The largest absolute Gasteiger partial charge is 0.491 e. The molecule has 0 atom stereocenters. The minimum Gasteiger partial charge on any atom is -0.491 e. The van der Waals surface area contributed by atoms with Crippen molar-refractivity contribution in [1.29, 1.82) is 0 Å². The van der Waals surface area contributed by atoms with Crippen LogP contribution in [0.1, 0.15) is 12.8 Å². The predicted molar refractivity (Wildman–Crippen MR) is 147 cm³/mol. The summed E-state index contributed by atoms with van der Waals surface area (Å²) in [5, 5.41) is 11.9. The highest BCUT2D eigenvalue weighted by Crippen LogP contribution is 2.35. The number of nitrogens with one attached hydrogen (secondary N) is 2. The zero-order valence-corrected chi connectivity index (χ0v) is 21.0. The number of pyridine rings is 3. The van der Waals surface area contributed by atoms with Gasteiger partial charge < -0.3 is 9.72 Å². The van der Waals surface area contributed by atoms with Gasteiger partial charge in [-0.2, -0.15) is 5.10 Å². The second kappa shape index (κ2) is 9.42. The van der Waals surface area contributed by atoms with E-state index < -0.39 is 0 Å². The summed E-state index contributed by atoms with van der Waals surface area (Å²) in [6.45, 7) is 3.94. The number of fused-ring (bicyclic) bond motifs is 2. The Bertz CT molecular complexity index is 1680. The molecule has 0 saturated carbocycles. The summed E-state index contributed by atoms with van der Waals surface area (Å²) in [6, 6.07) is 10.4. The van der Waals surface area contributed by atoms with E-state index in [1.54, 1.807) is 17.5 Å². The second-order valence-corrected chi connectivity index (χ2v) is 10.3. The van der Waals surface area contributed by atoms with E-state index in [0.29, 0.717) is 6.61 Å². The van der Waals surface area contributed by atoms with Crippen LogP contribution < -0.4 is 4.74 Å². The van der Waals surface area contributed by atoms with Crippen molar-refractivity contribution in [2.45, 2.75) is 12.8 Å². The molecule has 6 aromatic heterocycles. The summed E-state index contributed by atoms with van der Waals surface area (Å²) in [5.41, 5.74) is 6.48. The Balaban J connectivity index is 1.20. The van der Waals surface area contributed by atoms with Crippen LogP contribution in [0, 0.1) is 0 Å². The van der Waals surface area contributed by atoms with Gasteiger partial charge in [-0.3, -0.25) is 25.0 Å². The molecule has 1 aliphatic rings. The van der Waals surface area contributed by atoms with Crippen molar-refractivity contribution in [2.24, 2.45) is 0 Å². The standard InChI is InChI=1S/C28H25N7OS/c1-2-6-35(5-1)7-8-36-19-10-18(13-29-14-19)23-12-21-26(17-31-23)33-34-28(21)24-11-20-22(27-4-3-9-37-27)15-30-16-25(20)32-24/h3-4,9-17,32H,1-2,5-8H2,(H,33,34). The third-order valence-corrected chi connectivity index (χ3v) is 7.82. The number of ether oxygens (including phenoxy) is 1. The van der Waals surface area contributed by atoms with Gasteiger partial charge in [0.05, 0.1) is 41.0 Å². The van der Waals surface area contributed by atoms with Crippen LogP contribution in [-0.4, -0.2) is 61.3 Å². The van der Waals surface area contributed by atoms with Crippen molar-refractivity contribution >= 4 is 33.1 Å². The Morgan fingerprint density at radius 2 is 1.86 bits per heavy atom. The summed E-state index contributed by atoms with van der Waals surface area (Å²) in [7, 11) is 0. The summed E-state index contributed by atoms with van der Waals surface area (Å²) in [5.74, 6) is 0.759. The highest BCUT2D eigenvalue weighted by atomic mass is 32.1. The Morgan fingerprint density at radius 3 is 2.76 bits per heavy atom. The number of rotatable bonds is 7. The molecule has 1 aliphatic heterocycles. The Hall–Kier alpha value is -4.08. The normalized spacial score (nSPS) is 14.2. The SMILES string of the molecule is c1csc(-c2cncc3[nH]c(-c4n[nH]c5cnc(-c6cncc(OCCN7CCCC7)c6)cc45)cc23)c1. The molecule has 0 amide bonds. The molecule has 1 saturated heterocycles. The number of nitrogens with zero attached hydrogens (tertiary/aromatic N) is 5. The van der Waals surface area contributed by atoms with Gasteiger partial charge in [-0.05, 0) is 55.6 Å². The zero-order chi connectivity index (χ0) is 24.6. The van der Waals surface area contributed by atoms with Crippen LogP contribution in [0.4, 0.5) is 0 Å². The zero-order valence-electron chi connectivity index (χ0n) is 20.1. The molecule has 0 bridgehead atoms. The van der Waals surface area contributed by atoms with E-state index in [1.165, 1.54) is 30.8 Å². The molecular weight excluding hydrogens is 482 g/mol. The highest BCUT2D eigenvalue weighted by molar-refractivity contribution is 7.13. The van der Waals surface area contributed by atoms with Gasteiger partial charge in [0.15, 0.2) is 0 Å². The van der Waals surface area contributed by atoms with Crippen LogP contribution in [0.15, 0.2) is 66.7 Å². The summed E-state index contributed by atoms with van der Waals surface area (Å²) in [4.78, 5) is 20.7. The maximum absolute atomic E-state index is 6.01. The van der Waals surface area contributed by atoms with E-state index in [4.69, 9.17) is 4.74 Å². The minimum atomic E-state index is 0.659. The molecule has 0 aromatic carbocycles. The van der Waals surface area contributed by atoms with Crippen molar-refractivity contribution in [3.8, 4) is 38.8 Å². The van der Waals surface area contributed by atoms with Crippen molar-refractivity contribution in [3.63, 3.8) is 0 Å². The second-order valence-electron chi connectivity index (χ2n) is 9.30. The lowest BCUT2D eigenvalue weighted by Crippen LogP contribution is -2.25. The fraction of sp³-hybridized carbons (Fsp3) is 0.214. The van der Waals surface area contributed by atoms with E-state index in [2.05, 4.69) is 64.7 Å². The summed E-state index contributed by atoms with van der Waals surface area (Å²) < 4.78 is 6.01. The molecule has 6 aromatic rings. The van der Waals surface area contributed by atoms with E-state index in [9.17, 15) is 0 Å². The molecule has 0 radical (unpaired) electrons. The number of hydrogen-bond donors (Lipinski definition) is 2. The van der Waals surface area contributed by atoms with Crippen molar-refractivity contribution in [2.75, 3.05) is 26.2 Å².